The maximum Gasteiger partial charge on any atom is 0.262 e. The topological polar surface area (TPSA) is 58.6 Å². The highest BCUT2D eigenvalue weighted by molar-refractivity contribution is 6.32. The number of anilines is 1. The molecule has 1 amide bonds. The van der Waals surface area contributed by atoms with Crippen molar-refractivity contribution in [2.45, 2.75) is 0 Å². The number of phenols is 1. The van der Waals surface area contributed by atoms with Crippen LogP contribution in [0.3, 0.4) is 0 Å². The summed E-state index contributed by atoms with van der Waals surface area (Å²) in [5, 5.41) is 14.5. The molecule has 0 aromatic heterocycles. The lowest BCUT2D eigenvalue weighted by molar-refractivity contribution is -0.118. The summed E-state index contributed by atoms with van der Waals surface area (Å²) in [6, 6.07) is 17.5. The van der Waals surface area contributed by atoms with E-state index < -0.39 is 0 Å². The second-order valence-corrected chi connectivity index (χ2v) is 5.35. The van der Waals surface area contributed by atoms with E-state index >= 15 is 0 Å². The summed E-state index contributed by atoms with van der Waals surface area (Å²) in [4.78, 5) is 12.1. The fraction of sp³-hybridized carbons (Fsp3) is 0.0556. The van der Waals surface area contributed by atoms with E-state index in [9.17, 15) is 9.90 Å². The molecular weight excluding hydrogens is 314 g/mol. The van der Waals surface area contributed by atoms with Crippen molar-refractivity contribution in [2.75, 3.05) is 11.9 Å². The van der Waals surface area contributed by atoms with Gasteiger partial charge in [0.25, 0.3) is 5.91 Å². The third kappa shape index (κ3) is 3.38. The molecule has 0 aliphatic heterocycles. The lowest BCUT2D eigenvalue weighted by atomic mass is 10.1. The average Bonchev–Trinajstić information content (AvgIpc) is 2.55. The number of halogens is 1. The standard InChI is InChI=1S/C18H14ClNO3/c19-14-7-1-2-10-17(14)23-11-18(22)20-15-8-3-6-13-12(15)5-4-9-16(13)21/h1-10,21H,11H2,(H,20,22). The maximum atomic E-state index is 12.1. The summed E-state index contributed by atoms with van der Waals surface area (Å²) in [5.74, 6) is 0.326. The number of nitrogens with one attached hydrogen (secondary N) is 1. The van der Waals surface area contributed by atoms with Gasteiger partial charge in [-0.2, -0.15) is 0 Å². The molecule has 0 saturated heterocycles. The number of phenolic OH excluding ortho intramolecular Hbond substituents is 1. The van der Waals surface area contributed by atoms with Crippen molar-refractivity contribution in [3.63, 3.8) is 0 Å². The van der Waals surface area contributed by atoms with E-state index in [4.69, 9.17) is 16.3 Å². The van der Waals surface area contributed by atoms with Gasteiger partial charge in [0.05, 0.1) is 5.02 Å². The first-order valence-electron chi connectivity index (χ1n) is 7.03. The van der Waals surface area contributed by atoms with E-state index in [0.717, 1.165) is 5.39 Å². The number of para-hydroxylation sites is 1. The van der Waals surface area contributed by atoms with Gasteiger partial charge in [-0.15, -0.1) is 0 Å². The monoisotopic (exact) mass is 327 g/mol. The van der Waals surface area contributed by atoms with E-state index in [0.29, 0.717) is 21.8 Å². The Hall–Kier alpha value is -2.72. The van der Waals surface area contributed by atoms with Crippen molar-refractivity contribution in [1.82, 2.24) is 0 Å². The highest BCUT2D eigenvalue weighted by Crippen LogP contribution is 2.29. The minimum Gasteiger partial charge on any atom is -0.507 e. The Bertz CT molecular complexity index is 864. The first-order valence-corrected chi connectivity index (χ1v) is 7.41. The van der Waals surface area contributed by atoms with E-state index in [1.807, 2.05) is 6.07 Å². The SMILES string of the molecule is O=C(COc1ccccc1Cl)Nc1cccc2c(O)cccc12. The Morgan fingerprint density at radius 3 is 2.57 bits per heavy atom. The third-order valence-corrected chi connectivity index (χ3v) is 3.68. The van der Waals surface area contributed by atoms with Gasteiger partial charge in [-0.1, -0.05) is 48.0 Å². The summed E-state index contributed by atoms with van der Waals surface area (Å²) in [5.41, 5.74) is 0.617. The number of rotatable bonds is 4. The summed E-state index contributed by atoms with van der Waals surface area (Å²) in [6.07, 6.45) is 0. The number of fused-ring (bicyclic) bond motifs is 1. The van der Waals surface area contributed by atoms with E-state index in [2.05, 4.69) is 5.32 Å². The van der Waals surface area contributed by atoms with Crippen molar-refractivity contribution in [3.05, 3.63) is 65.7 Å². The molecule has 0 aliphatic carbocycles. The van der Waals surface area contributed by atoms with Gasteiger partial charge in [0, 0.05) is 16.5 Å². The van der Waals surface area contributed by atoms with Crippen LogP contribution in [0.25, 0.3) is 10.8 Å². The minimum absolute atomic E-state index is 0.154. The number of amides is 1. The normalized spacial score (nSPS) is 10.5. The quantitative estimate of drug-likeness (QED) is 0.754. The number of carbonyl (C=O) groups excluding carboxylic acids is 1. The molecule has 0 spiro atoms. The Labute approximate surface area is 138 Å². The summed E-state index contributed by atoms with van der Waals surface area (Å²) >= 11 is 5.98. The fourth-order valence-corrected chi connectivity index (χ4v) is 2.48. The number of ether oxygens (including phenoxy) is 1. The Morgan fingerprint density at radius 1 is 1.00 bits per heavy atom. The molecule has 0 bridgehead atoms. The van der Waals surface area contributed by atoms with Crippen molar-refractivity contribution in [3.8, 4) is 11.5 Å². The van der Waals surface area contributed by atoms with Gasteiger partial charge in [0.1, 0.15) is 11.5 Å². The second kappa shape index (κ2) is 6.58. The maximum absolute atomic E-state index is 12.1. The van der Waals surface area contributed by atoms with Crippen molar-refractivity contribution < 1.29 is 14.6 Å². The van der Waals surface area contributed by atoms with Crippen LogP contribution in [0.4, 0.5) is 5.69 Å². The largest absolute Gasteiger partial charge is 0.507 e. The molecule has 0 fully saturated rings. The van der Waals surface area contributed by atoms with Gasteiger partial charge < -0.3 is 15.2 Å². The summed E-state index contributed by atoms with van der Waals surface area (Å²) < 4.78 is 5.41. The third-order valence-electron chi connectivity index (χ3n) is 3.37. The predicted molar refractivity (Wildman–Crippen MR) is 91.2 cm³/mol. The zero-order valence-corrected chi connectivity index (χ0v) is 12.9. The molecule has 0 saturated carbocycles. The molecule has 0 radical (unpaired) electrons. The number of hydrogen-bond acceptors (Lipinski definition) is 3. The van der Waals surface area contributed by atoms with Crippen LogP contribution < -0.4 is 10.1 Å². The van der Waals surface area contributed by atoms with Crippen LogP contribution in [-0.2, 0) is 4.79 Å². The molecule has 0 aliphatic rings. The average molecular weight is 328 g/mol. The highest BCUT2D eigenvalue weighted by Gasteiger charge is 2.09. The molecular formula is C18H14ClNO3. The van der Waals surface area contributed by atoms with E-state index in [1.54, 1.807) is 54.6 Å². The zero-order valence-electron chi connectivity index (χ0n) is 12.1. The van der Waals surface area contributed by atoms with Crippen LogP contribution in [0.15, 0.2) is 60.7 Å². The minimum atomic E-state index is -0.305. The van der Waals surface area contributed by atoms with Gasteiger partial charge in [-0.05, 0) is 24.3 Å². The Morgan fingerprint density at radius 2 is 1.74 bits per heavy atom. The van der Waals surface area contributed by atoms with Gasteiger partial charge in [-0.25, -0.2) is 0 Å². The molecule has 2 N–H and O–H groups in total. The molecule has 3 rings (SSSR count). The fourth-order valence-electron chi connectivity index (χ4n) is 2.29. The molecule has 4 nitrogen and oxygen atoms in total. The molecule has 3 aromatic carbocycles. The van der Waals surface area contributed by atoms with Crippen molar-refractivity contribution >= 4 is 34.0 Å². The molecule has 0 atom stereocenters. The van der Waals surface area contributed by atoms with Crippen LogP contribution in [0.5, 0.6) is 11.5 Å². The molecule has 5 heteroatoms. The van der Waals surface area contributed by atoms with Gasteiger partial charge in [-0.3, -0.25) is 4.79 Å². The van der Waals surface area contributed by atoms with Gasteiger partial charge >= 0.3 is 0 Å². The molecule has 23 heavy (non-hydrogen) atoms. The lowest BCUT2D eigenvalue weighted by Gasteiger charge is -2.11. The zero-order chi connectivity index (χ0) is 16.2. The van der Waals surface area contributed by atoms with Crippen LogP contribution in [0.1, 0.15) is 0 Å². The van der Waals surface area contributed by atoms with Crippen LogP contribution in [0, 0.1) is 0 Å². The van der Waals surface area contributed by atoms with Gasteiger partial charge in [0.2, 0.25) is 0 Å². The second-order valence-electron chi connectivity index (χ2n) is 4.95. The molecule has 3 aromatic rings. The predicted octanol–water partition coefficient (Wildman–Crippen LogP) is 4.22. The van der Waals surface area contributed by atoms with Gasteiger partial charge in [0.15, 0.2) is 6.61 Å². The number of hydrogen-bond donors (Lipinski definition) is 2. The molecule has 116 valence electrons. The first kappa shape index (κ1) is 15.2. The van der Waals surface area contributed by atoms with Crippen molar-refractivity contribution in [1.29, 1.82) is 0 Å². The molecule has 0 heterocycles. The molecule has 0 unspecified atom stereocenters. The lowest BCUT2D eigenvalue weighted by Crippen LogP contribution is -2.20. The smallest absolute Gasteiger partial charge is 0.262 e. The Balaban J connectivity index is 1.74. The van der Waals surface area contributed by atoms with Crippen LogP contribution in [-0.4, -0.2) is 17.6 Å². The summed E-state index contributed by atoms with van der Waals surface area (Å²) in [6.45, 7) is -0.154. The van der Waals surface area contributed by atoms with E-state index in [-0.39, 0.29) is 18.3 Å². The number of carbonyl (C=O) groups is 1. The van der Waals surface area contributed by atoms with E-state index in [1.165, 1.54) is 0 Å². The highest BCUT2D eigenvalue weighted by atomic mass is 35.5. The van der Waals surface area contributed by atoms with Crippen molar-refractivity contribution in [2.24, 2.45) is 0 Å². The van der Waals surface area contributed by atoms with Crippen LogP contribution in [0.2, 0.25) is 5.02 Å². The van der Waals surface area contributed by atoms with Crippen LogP contribution >= 0.6 is 11.6 Å². The summed E-state index contributed by atoms with van der Waals surface area (Å²) in [7, 11) is 0. The Kier molecular flexibility index (Phi) is 4.35. The number of benzene rings is 3. The number of aromatic hydroxyl groups is 1. The first-order chi connectivity index (χ1) is 11.1.